The van der Waals surface area contributed by atoms with Gasteiger partial charge in [0.25, 0.3) is 0 Å². The van der Waals surface area contributed by atoms with Crippen LogP contribution in [-0.2, 0) is 6.42 Å². The number of carbonyl (C=O) groups is 1. The van der Waals surface area contributed by atoms with Crippen molar-refractivity contribution >= 4 is 29.0 Å². The quantitative estimate of drug-likeness (QED) is 0.321. The van der Waals surface area contributed by atoms with Crippen LogP contribution in [0.1, 0.15) is 51.9 Å². The first-order chi connectivity index (χ1) is 17.0. The van der Waals surface area contributed by atoms with Gasteiger partial charge in [-0.3, -0.25) is 4.98 Å². The minimum absolute atomic E-state index is 0.205. The van der Waals surface area contributed by atoms with Crippen molar-refractivity contribution in [1.82, 2.24) is 10.3 Å². The third kappa shape index (κ3) is 4.31. The number of hydrogen-bond acceptors (Lipinski definition) is 4. The number of aromatic carboxylic acids is 1. The number of nitrogens with zero attached hydrogens (tertiary/aromatic N) is 2. The van der Waals surface area contributed by atoms with Crippen LogP contribution in [0.5, 0.6) is 0 Å². The van der Waals surface area contributed by atoms with Gasteiger partial charge in [0.05, 0.1) is 17.3 Å². The summed E-state index contributed by atoms with van der Waals surface area (Å²) in [5.74, 6) is 0.464. The SMILES string of the molecule is CCc1ccc(N2C(=S)N[C@H](c3ccccn3)[C@@H]2c2ccc(-c3ccc(C(=O)O)cc3C)o2)cc1. The molecule has 0 spiro atoms. The molecule has 4 aromatic rings. The highest BCUT2D eigenvalue weighted by molar-refractivity contribution is 7.80. The Bertz CT molecular complexity index is 1380. The first kappa shape index (κ1) is 22.8. The molecule has 1 aliphatic rings. The van der Waals surface area contributed by atoms with E-state index in [9.17, 15) is 9.90 Å². The van der Waals surface area contributed by atoms with Crippen LogP contribution in [0.25, 0.3) is 11.3 Å². The Labute approximate surface area is 209 Å². The summed E-state index contributed by atoms with van der Waals surface area (Å²) in [6, 6.07) is 22.7. The number of benzene rings is 2. The molecule has 0 amide bonds. The molecule has 35 heavy (non-hydrogen) atoms. The van der Waals surface area contributed by atoms with E-state index < -0.39 is 5.97 Å². The third-order valence-corrected chi connectivity index (χ3v) is 6.69. The molecule has 2 aromatic carbocycles. The van der Waals surface area contributed by atoms with Gasteiger partial charge in [-0.05, 0) is 85.2 Å². The van der Waals surface area contributed by atoms with Crippen molar-refractivity contribution < 1.29 is 14.3 Å². The number of furan rings is 1. The number of hydrogen-bond donors (Lipinski definition) is 2. The Morgan fingerprint density at radius 3 is 2.57 bits per heavy atom. The number of aromatic nitrogens is 1. The van der Waals surface area contributed by atoms with E-state index in [1.165, 1.54) is 5.56 Å². The molecule has 5 rings (SSSR count). The van der Waals surface area contributed by atoms with Gasteiger partial charge in [0.15, 0.2) is 5.11 Å². The Morgan fingerprint density at radius 2 is 1.91 bits per heavy atom. The van der Waals surface area contributed by atoms with E-state index >= 15 is 0 Å². The highest BCUT2D eigenvalue weighted by Crippen LogP contribution is 2.43. The molecule has 3 heterocycles. The average molecular weight is 484 g/mol. The normalized spacial score (nSPS) is 17.4. The summed E-state index contributed by atoms with van der Waals surface area (Å²) in [4.78, 5) is 18.0. The molecule has 0 radical (unpaired) electrons. The van der Waals surface area contributed by atoms with E-state index in [4.69, 9.17) is 16.6 Å². The first-order valence-corrected chi connectivity index (χ1v) is 11.9. The van der Waals surface area contributed by atoms with Crippen molar-refractivity contribution in [2.45, 2.75) is 32.4 Å². The number of thiocarbonyl (C=S) groups is 1. The van der Waals surface area contributed by atoms with Crippen LogP contribution in [0.4, 0.5) is 5.69 Å². The number of pyridine rings is 1. The highest BCUT2D eigenvalue weighted by atomic mass is 32.1. The van der Waals surface area contributed by atoms with Crippen molar-refractivity contribution in [3.63, 3.8) is 0 Å². The van der Waals surface area contributed by atoms with Gasteiger partial charge < -0.3 is 19.7 Å². The standard InChI is InChI=1S/C28H25N3O3S/c1-3-18-7-10-20(11-8-18)31-26(25(30-28(31)35)22-6-4-5-15-29-22)24-14-13-23(34-24)21-12-9-19(27(32)33)16-17(21)2/h4-16,25-26H,3H2,1-2H3,(H,30,35)(H,32,33)/t25-,26+/m1/s1. The maximum Gasteiger partial charge on any atom is 0.335 e. The van der Waals surface area contributed by atoms with Crippen molar-refractivity contribution in [2.24, 2.45) is 0 Å². The third-order valence-electron chi connectivity index (χ3n) is 6.38. The molecule has 2 N–H and O–H groups in total. The van der Waals surface area contributed by atoms with Crippen molar-refractivity contribution in [1.29, 1.82) is 0 Å². The summed E-state index contributed by atoms with van der Waals surface area (Å²) in [6.07, 6.45) is 2.74. The zero-order valence-electron chi connectivity index (χ0n) is 19.4. The fraction of sp³-hybridized carbons (Fsp3) is 0.179. The van der Waals surface area contributed by atoms with Gasteiger partial charge in [0.1, 0.15) is 17.6 Å². The lowest BCUT2D eigenvalue weighted by molar-refractivity contribution is 0.0697. The van der Waals surface area contributed by atoms with E-state index in [1.807, 2.05) is 37.3 Å². The summed E-state index contributed by atoms with van der Waals surface area (Å²) in [5.41, 5.74) is 5.03. The van der Waals surface area contributed by atoms with Crippen LogP contribution >= 0.6 is 12.2 Å². The second-order valence-electron chi connectivity index (χ2n) is 8.55. The summed E-state index contributed by atoms with van der Waals surface area (Å²) in [6.45, 7) is 4.01. The van der Waals surface area contributed by atoms with Crippen LogP contribution in [-0.4, -0.2) is 21.2 Å². The number of aryl methyl sites for hydroxylation is 2. The van der Waals surface area contributed by atoms with E-state index in [-0.39, 0.29) is 17.6 Å². The predicted molar refractivity (Wildman–Crippen MR) is 140 cm³/mol. The molecule has 0 unspecified atom stereocenters. The largest absolute Gasteiger partial charge is 0.478 e. The maximum atomic E-state index is 11.3. The zero-order chi connectivity index (χ0) is 24.5. The van der Waals surface area contributed by atoms with Crippen molar-refractivity contribution in [3.8, 4) is 11.3 Å². The van der Waals surface area contributed by atoms with E-state index in [0.29, 0.717) is 10.9 Å². The molecule has 1 fully saturated rings. The fourth-order valence-electron chi connectivity index (χ4n) is 4.54. The maximum absolute atomic E-state index is 11.3. The Hall–Kier alpha value is -3.97. The minimum Gasteiger partial charge on any atom is -0.478 e. The molecule has 176 valence electrons. The summed E-state index contributed by atoms with van der Waals surface area (Å²) >= 11 is 5.79. The van der Waals surface area contributed by atoms with Gasteiger partial charge in [-0.15, -0.1) is 0 Å². The lowest BCUT2D eigenvalue weighted by Crippen LogP contribution is -2.29. The van der Waals surface area contributed by atoms with Crippen molar-refractivity contribution in [2.75, 3.05) is 4.90 Å². The van der Waals surface area contributed by atoms with Gasteiger partial charge in [0.2, 0.25) is 0 Å². The second-order valence-corrected chi connectivity index (χ2v) is 8.94. The molecule has 2 atom stereocenters. The first-order valence-electron chi connectivity index (χ1n) is 11.5. The molecule has 1 aliphatic heterocycles. The molecular weight excluding hydrogens is 458 g/mol. The average Bonchev–Trinajstić information content (AvgIpc) is 3.49. The second kappa shape index (κ2) is 9.35. The number of nitrogens with one attached hydrogen (secondary N) is 1. The summed E-state index contributed by atoms with van der Waals surface area (Å²) in [5, 5.41) is 13.3. The number of carboxylic acids is 1. The van der Waals surface area contributed by atoms with Crippen molar-refractivity contribution in [3.05, 3.63) is 107 Å². The topological polar surface area (TPSA) is 78.6 Å². The number of rotatable bonds is 6. The lowest BCUT2D eigenvalue weighted by atomic mass is 10.0. The lowest BCUT2D eigenvalue weighted by Gasteiger charge is -2.26. The van der Waals surface area contributed by atoms with Gasteiger partial charge in [-0.25, -0.2) is 4.79 Å². The monoisotopic (exact) mass is 483 g/mol. The van der Waals surface area contributed by atoms with Crippen LogP contribution in [0, 0.1) is 6.92 Å². The molecule has 7 heteroatoms. The van der Waals surface area contributed by atoms with Crippen LogP contribution in [0.2, 0.25) is 0 Å². The Kier molecular flexibility index (Phi) is 6.09. The van der Waals surface area contributed by atoms with E-state index in [2.05, 4.69) is 46.4 Å². The molecule has 0 bridgehead atoms. The van der Waals surface area contributed by atoms with Gasteiger partial charge in [-0.2, -0.15) is 0 Å². The predicted octanol–water partition coefficient (Wildman–Crippen LogP) is 6.09. The summed E-state index contributed by atoms with van der Waals surface area (Å²) in [7, 11) is 0. The Balaban J connectivity index is 1.57. The zero-order valence-corrected chi connectivity index (χ0v) is 20.3. The minimum atomic E-state index is -0.951. The smallest absolute Gasteiger partial charge is 0.335 e. The molecule has 0 aliphatic carbocycles. The number of carboxylic acid groups (broad SMARTS) is 1. The van der Waals surface area contributed by atoms with Crippen LogP contribution in [0.3, 0.4) is 0 Å². The highest BCUT2D eigenvalue weighted by Gasteiger charge is 2.42. The van der Waals surface area contributed by atoms with Crippen LogP contribution in [0.15, 0.2) is 83.4 Å². The summed E-state index contributed by atoms with van der Waals surface area (Å²) < 4.78 is 6.42. The molecular formula is C28H25N3O3S. The van der Waals surface area contributed by atoms with Gasteiger partial charge in [-0.1, -0.05) is 31.2 Å². The van der Waals surface area contributed by atoms with Crippen LogP contribution < -0.4 is 10.2 Å². The fourth-order valence-corrected chi connectivity index (χ4v) is 4.89. The Morgan fingerprint density at radius 1 is 1.11 bits per heavy atom. The van der Waals surface area contributed by atoms with Gasteiger partial charge in [0, 0.05) is 17.4 Å². The van der Waals surface area contributed by atoms with Gasteiger partial charge >= 0.3 is 5.97 Å². The number of anilines is 1. The molecule has 1 saturated heterocycles. The molecule has 2 aromatic heterocycles. The molecule has 0 saturated carbocycles. The molecule has 6 nitrogen and oxygen atoms in total. The van der Waals surface area contributed by atoms with E-state index in [1.54, 1.807) is 24.4 Å². The van der Waals surface area contributed by atoms with E-state index in [0.717, 1.165) is 34.7 Å².